The lowest BCUT2D eigenvalue weighted by atomic mass is 9.75. The molecule has 0 aromatic heterocycles. The van der Waals surface area contributed by atoms with E-state index in [1.807, 2.05) is 30.3 Å². The van der Waals surface area contributed by atoms with Gasteiger partial charge in [-0.15, -0.1) is 0 Å². The SMILES string of the molecule is CCCCC[C@H]1CC[C@H](c2ccc(-c3ccc(OC)cc3)c(C#N)c2C#N)CC1. The molecule has 3 rings (SSSR count). The molecule has 0 heterocycles. The summed E-state index contributed by atoms with van der Waals surface area (Å²) >= 11 is 0. The van der Waals surface area contributed by atoms with Gasteiger partial charge < -0.3 is 4.74 Å². The highest BCUT2D eigenvalue weighted by atomic mass is 16.5. The second-order valence-electron chi connectivity index (χ2n) is 8.12. The predicted molar refractivity (Wildman–Crippen MR) is 117 cm³/mol. The normalized spacial score (nSPS) is 18.6. The minimum absolute atomic E-state index is 0.393. The second-order valence-corrected chi connectivity index (χ2v) is 8.12. The summed E-state index contributed by atoms with van der Waals surface area (Å²) in [5.74, 6) is 2.00. The van der Waals surface area contributed by atoms with Crippen molar-refractivity contribution < 1.29 is 4.74 Å². The maximum absolute atomic E-state index is 9.89. The lowest BCUT2D eigenvalue weighted by molar-refractivity contribution is 0.302. The molecule has 0 bridgehead atoms. The molecule has 0 saturated heterocycles. The Morgan fingerprint density at radius 3 is 2.17 bits per heavy atom. The van der Waals surface area contributed by atoms with E-state index >= 15 is 0 Å². The molecule has 3 nitrogen and oxygen atoms in total. The molecule has 2 aromatic rings. The molecule has 1 fully saturated rings. The van der Waals surface area contributed by atoms with E-state index in [4.69, 9.17) is 4.74 Å². The molecule has 1 saturated carbocycles. The van der Waals surface area contributed by atoms with Crippen molar-refractivity contribution in [1.29, 1.82) is 10.5 Å². The highest BCUT2D eigenvalue weighted by Crippen LogP contribution is 2.41. The number of ether oxygens (including phenoxy) is 1. The van der Waals surface area contributed by atoms with Gasteiger partial charge in [-0.25, -0.2) is 0 Å². The van der Waals surface area contributed by atoms with E-state index < -0.39 is 0 Å². The van der Waals surface area contributed by atoms with Crippen LogP contribution < -0.4 is 4.74 Å². The zero-order valence-corrected chi connectivity index (χ0v) is 17.6. The van der Waals surface area contributed by atoms with Crippen LogP contribution in [0.25, 0.3) is 11.1 Å². The Bertz CT molecular complexity index is 894. The van der Waals surface area contributed by atoms with Gasteiger partial charge in [-0.2, -0.15) is 10.5 Å². The van der Waals surface area contributed by atoms with Crippen LogP contribution in [0.1, 0.15) is 80.9 Å². The van der Waals surface area contributed by atoms with E-state index in [0.717, 1.165) is 41.2 Å². The van der Waals surface area contributed by atoms with Crippen LogP contribution in [0.4, 0.5) is 0 Å². The van der Waals surface area contributed by atoms with Crippen LogP contribution in [0.5, 0.6) is 5.75 Å². The Morgan fingerprint density at radius 1 is 0.897 bits per heavy atom. The Balaban J connectivity index is 1.82. The van der Waals surface area contributed by atoms with E-state index in [-0.39, 0.29) is 0 Å². The summed E-state index contributed by atoms with van der Waals surface area (Å²) in [5.41, 5.74) is 3.89. The van der Waals surface area contributed by atoms with Gasteiger partial charge in [0.1, 0.15) is 17.9 Å². The topological polar surface area (TPSA) is 56.8 Å². The van der Waals surface area contributed by atoms with Crippen molar-refractivity contribution in [2.75, 3.05) is 7.11 Å². The lowest BCUT2D eigenvalue weighted by Gasteiger charge is -2.29. The minimum Gasteiger partial charge on any atom is -0.497 e. The zero-order chi connectivity index (χ0) is 20.6. The summed E-state index contributed by atoms with van der Waals surface area (Å²) in [4.78, 5) is 0. The van der Waals surface area contributed by atoms with Crippen molar-refractivity contribution in [2.24, 2.45) is 5.92 Å². The quantitative estimate of drug-likeness (QED) is 0.483. The molecule has 0 aliphatic heterocycles. The number of methoxy groups -OCH3 is 1. The Morgan fingerprint density at radius 2 is 1.59 bits per heavy atom. The van der Waals surface area contributed by atoms with Gasteiger partial charge in [-0.05, 0) is 60.8 Å². The van der Waals surface area contributed by atoms with Crippen LogP contribution in [0.3, 0.4) is 0 Å². The van der Waals surface area contributed by atoms with Gasteiger partial charge in [-0.1, -0.05) is 56.9 Å². The first-order chi connectivity index (χ1) is 14.2. The van der Waals surface area contributed by atoms with Crippen LogP contribution in [0, 0.1) is 28.6 Å². The highest BCUT2D eigenvalue weighted by molar-refractivity contribution is 5.75. The molecule has 1 aliphatic rings. The smallest absolute Gasteiger partial charge is 0.118 e. The molecule has 0 amide bonds. The Kier molecular flexibility index (Phi) is 7.31. The molecule has 29 heavy (non-hydrogen) atoms. The monoisotopic (exact) mass is 386 g/mol. The van der Waals surface area contributed by atoms with Gasteiger partial charge in [0, 0.05) is 5.56 Å². The maximum Gasteiger partial charge on any atom is 0.118 e. The number of hydrogen-bond donors (Lipinski definition) is 0. The van der Waals surface area contributed by atoms with Crippen LogP contribution in [0.15, 0.2) is 36.4 Å². The number of unbranched alkanes of at least 4 members (excludes halogenated alkanes) is 2. The highest BCUT2D eigenvalue weighted by Gasteiger charge is 2.26. The third-order valence-electron chi connectivity index (χ3n) is 6.36. The van der Waals surface area contributed by atoms with Gasteiger partial charge in [-0.3, -0.25) is 0 Å². The van der Waals surface area contributed by atoms with Crippen molar-refractivity contribution in [2.45, 2.75) is 64.2 Å². The number of nitrogens with zero attached hydrogens (tertiary/aromatic N) is 2. The molecule has 150 valence electrons. The summed E-state index contributed by atoms with van der Waals surface area (Å²) < 4.78 is 5.23. The van der Waals surface area contributed by atoms with Gasteiger partial charge >= 0.3 is 0 Å². The van der Waals surface area contributed by atoms with E-state index in [1.54, 1.807) is 7.11 Å². The zero-order valence-electron chi connectivity index (χ0n) is 17.6. The molecule has 0 atom stereocenters. The summed E-state index contributed by atoms with van der Waals surface area (Å²) in [6, 6.07) is 16.4. The molecule has 0 unspecified atom stereocenters. The number of hydrogen-bond acceptors (Lipinski definition) is 3. The summed E-state index contributed by atoms with van der Waals surface area (Å²) in [6.07, 6.45) is 10.0. The first-order valence-electron chi connectivity index (χ1n) is 10.8. The predicted octanol–water partition coefficient (Wildman–Crippen LogP) is 6.96. The number of nitriles is 2. The Labute approximate surface area is 174 Å². The van der Waals surface area contributed by atoms with Crippen molar-refractivity contribution in [3.05, 3.63) is 53.1 Å². The molecular formula is C26H30N2O. The van der Waals surface area contributed by atoms with E-state index in [0.29, 0.717) is 17.0 Å². The second kappa shape index (κ2) is 10.1. The first-order valence-corrected chi connectivity index (χ1v) is 10.8. The van der Waals surface area contributed by atoms with Gasteiger partial charge in [0.25, 0.3) is 0 Å². The standard InChI is InChI=1S/C26H30N2O/c1-3-4-5-6-19-7-9-20(10-8-19)23-15-16-24(26(18-28)25(23)17-27)21-11-13-22(29-2)14-12-21/h11-16,19-20H,3-10H2,1-2H3/t19-,20-. The van der Waals surface area contributed by atoms with Crippen molar-refractivity contribution in [1.82, 2.24) is 0 Å². The van der Waals surface area contributed by atoms with Crippen LogP contribution in [-0.2, 0) is 0 Å². The van der Waals surface area contributed by atoms with Crippen LogP contribution >= 0.6 is 0 Å². The lowest BCUT2D eigenvalue weighted by Crippen LogP contribution is -2.15. The van der Waals surface area contributed by atoms with Crippen LogP contribution in [0.2, 0.25) is 0 Å². The van der Waals surface area contributed by atoms with Gasteiger partial charge in [0.2, 0.25) is 0 Å². The van der Waals surface area contributed by atoms with E-state index in [2.05, 4.69) is 25.1 Å². The summed E-state index contributed by atoms with van der Waals surface area (Å²) in [6.45, 7) is 2.25. The largest absolute Gasteiger partial charge is 0.497 e. The molecule has 0 N–H and O–H groups in total. The van der Waals surface area contributed by atoms with Crippen molar-refractivity contribution >= 4 is 0 Å². The fraction of sp³-hybridized carbons (Fsp3) is 0.462. The fourth-order valence-electron chi connectivity index (χ4n) is 4.65. The number of rotatable bonds is 7. The number of benzene rings is 2. The van der Waals surface area contributed by atoms with Gasteiger partial charge in [0.15, 0.2) is 0 Å². The molecule has 0 spiro atoms. The average molecular weight is 387 g/mol. The van der Waals surface area contributed by atoms with Gasteiger partial charge in [0.05, 0.1) is 18.2 Å². The molecule has 2 aromatic carbocycles. The van der Waals surface area contributed by atoms with Crippen LogP contribution in [-0.4, -0.2) is 7.11 Å². The average Bonchev–Trinajstić information content (AvgIpc) is 2.78. The summed E-state index contributed by atoms with van der Waals surface area (Å²) in [5, 5.41) is 19.7. The third-order valence-corrected chi connectivity index (χ3v) is 6.36. The Hall–Kier alpha value is -2.78. The first kappa shape index (κ1) is 20.9. The molecule has 1 aliphatic carbocycles. The third kappa shape index (κ3) is 4.80. The van der Waals surface area contributed by atoms with Crippen molar-refractivity contribution in [3.63, 3.8) is 0 Å². The summed E-state index contributed by atoms with van der Waals surface area (Å²) in [7, 11) is 1.64. The van der Waals surface area contributed by atoms with E-state index in [9.17, 15) is 10.5 Å². The van der Waals surface area contributed by atoms with E-state index in [1.165, 1.54) is 38.5 Å². The molecule has 0 radical (unpaired) electrons. The fourth-order valence-corrected chi connectivity index (χ4v) is 4.65. The van der Waals surface area contributed by atoms with Crippen molar-refractivity contribution in [3.8, 4) is 29.0 Å². The minimum atomic E-state index is 0.393. The maximum atomic E-state index is 9.89. The molecule has 3 heteroatoms. The molecular weight excluding hydrogens is 356 g/mol.